The van der Waals surface area contributed by atoms with Crippen LogP contribution in [-0.2, 0) is 4.79 Å². The van der Waals surface area contributed by atoms with Crippen molar-refractivity contribution in [3.8, 4) is 0 Å². The molecule has 0 aliphatic heterocycles. The molecule has 11 heavy (non-hydrogen) atoms. The summed E-state index contributed by atoms with van der Waals surface area (Å²) in [5.41, 5.74) is 0. The maximum atomic E-state index is 10.7. The zero-order chi connectivity index (χ0) is 8.69. The molecule has 1 N–H and O–H groups in total. The highest BCUT2D eigenvalue weighted by Gasteiger charge is 2.02. The molecular formula is C9H16O2. The van der Waals surface area contributed by atoms with Crippen molar-refractivity contribution in [1.29, 1.82) is 0 Å². The number of carbonyl (C=O) groups is 1. The number of allylic oxidation sites excluding steroid dienone is 1. The molecule has 1 atom stereocenters. The Morgan fingerprint density at radius 3 is 2.73 bits per heavy atom. The molecule has 0 aliphatic rings. The summed E-state index contributed by atoms with van der Waals surface area (Å²) in [7, 11) is 0. The second-order valence-corrected chi connectivity index (χ2v) is 2.83. The molecule has 0 aromatic rings. The van der Waals surface area contributed by atoms with Crippen molar-refractivity contribution in [2.75, 3.05) is 6.61 Å². The molecule has 0 rings (SSSR count). The van der Waals surface area contributed by atoms with Crippen LogP contribution in [0.3, 0.4) is 0 Å². The summed E-state index contributed by atoms with van der Waals surface area (Å²) in [6.45, 7) is 5.63. The molecule has 0 saturated carbocycles. The van der Waals surface area contributed by atoms with Gasteiger partial charge in [0, 0.05) is 13.0 Å². The van der Waals surface area contributed by atoms with E-state index in [4.69, 9.17) is 5.11 Å². The highest BCUT2D eigenvalue weighted by Crippen LogP contribution is 2.09. The molecule has 1 unspecified atom stereocenters. The van der Waals surface area contributed by atoms with E-state index in [2.05, 4.69) is 6.58 Å². The minimum atomic E-state index is 0.0924. The van der Waals surface area contributed by atoms with Crippen molar-refractivity contribution in [3.05, 3.63) is 12.7 Å². The Hall–Kier alpha value is -0.630. The van der Waals surface area contributed by atoms with Crippen molar-refractivity contribution in [1.82, 2.24) is 0 Å². The largest absolute Gasteiger partial charge is 0.396 e. The third-order valence-corrected chi connectivity index (χ3v) is 1.73. The predicted molar refractivity (Wildman–Crippen MR) is 45.3 cm³/mol. The molecule has 0 aliphatic carbocycles. The molecule has 64 valence electrons. The van der Waals surface area contributed by atoms with Gasteiger partial charge in [-0.1, -0.05) is 13.5 Å². The van der Waals surface area contributed by atoms with Gasteiger partial charge in [-0.2, -0.15) is 0 Å². The van der Waals surface area contributed by atoms with Gasteiger partial charge in [-0.05, 0) is 24.8 Å². The van der Waals surface area contributed by atoms with Gasteiger partial charge in [0.25, 0.3) is 0 Å². The number of aliphatic hydroxyl groups is 1. The van der Waals surface area contributed by atoms with Crippen LogP contribution in [0.4, 0.5) is 0 Å². The molecule has 2 nitrogen and oxygen atoms in total. The number of aliphatic hydroxyl groups excluding tert-OH is 1. The lowest BCUT2D eigenvalue weighted by Gasteiger charge is -2.06. The summed E-state index contributed by atoms with van der Waals surface area (Å²) in [4.78, 5) is 10.7. The number of ketones is 1. The van der Waals surface area contributed by atoms with Crippen LogP contribution in [0.1, 0.15) is 26.2 Å². The highest BCUT2D eigenvalue weighted by atomic mass is 16.3. The van der Waals surface area contributed by atoms with Gasteiger partial charge in [0.15, 0.2) is 5.78 Å². The van der Waals surface area contributed by atoms with E-state index in [1.54, 1.807) is 0 Å². The van der Waals surface area contributed by atoms with Gasteiger partial charge >= 0.3 is 0 Å². The fourth-order valence-corrected chi connectivity index (χ4v) is 0.855. The smallest absolute Gasteiger partial charge is 0.155 e. The Kier molecular flexibility index (Phi) is 5.75. The van der Waals surface area contributed by atoms with Crippen molar-refractivity contribution >= 4 is 5.78 Å². The van der Waals surface area contributed by atoms with Crippen LogP contribution < -0.4 is 0 Å². The first kappa shape index (κ1) is 10.4. The third kappa shape index (κ3) is 5.80. The Labute approximate surface area is 67.9 Å². The average molecular weight is 156 g/mol. The summed E-state index contributed by atoms with van der Waals surface area (Å²) in [6.07, 6.45) is 3.55. The number of carbonyl (C=O) groups excluding carboxylic acids is 1. The van der Waals surface area contributed by atoms with E-state index in [1.165, 1.54) is 6.08 Å². The number of hydrogen-bond acceptors (Lipinski definition) is 2. The number of rotatable bonds is 6. The molecular weight excluding hydrogens is 140 g/mol. The standard InChI is InChI=1S/C9H16O2/c1-3-9(11)5-4-8(2)6-7-10/h3,8,10H,1,4-7H2,2H3. The fourth-order valence-electron chi connectivity index (χ4n) is 0.855. The van der Waals surface area contributed by atoms with Crippen molar-refractivity contribution < 1.29 is 9.90 Å². The average Bonchev–Trinajstić information content (AvgIpc) is 2.01. The van der Waals surface area contributed by atoms with Gasteiger partial charge < -0.3 is 5.11 Å². The minimum absolute atomic E-state index is 0.0924. The molecule has 0 spiro atoms. The maximum Gasteiger partial charge on any atom is 0.155 e. The van der Waals surface area contributed by atoms with E-state index >= 15 is 0 Å². The van der Waals surface area contributed by atoms with Gasteiger partial charge in [-0.15, -0.1) is 0 Å². The van der Waals surface area contributed by atoms with E-state index in [9.17, 15) is 4.79 Å². The van der Waals surface area contributed by atoms with Gasteiger partial charge in [0.05, 0.1) is 0 Å². The normalized spacial score (nSPS) is 12.5. The van der Waals surface area contributed by atoms with Crippen molar-refractivity contribution in [2.45, 2.75) is 26.2 Å². The Balaban J connectivity index is 3.37. The van der Waals surface area contributed by atoms with Crippen LogP contribution in [0.2, 0.25) is 0 Å². The molecule has 0 fully saturated rings. The SMILES string of the molecule is C=CC(=O)CCC(C)CCO. The van der Waals surface area contributed by atoms with Crippen LogP contribution in [0.5, 0.6) is 0 Å². The summed E-state index contributed by atoms with van der Waals surface area (Å²) in [5, 5.41) is 8.55. The van der Waals surface area contributed by atoms with Crippen LogP contribution in [0.15, 0.2) is 12.7 Å². The second-order valence-electron chi connectivity index (χ2n) is 2.83. The van der Waals surface area contributed by atoms with E-state index in [1.807, 2.05) is 6.92 Å². The van der Waals surface area contributed by atoms with E-state index in [-0.39, 0.29) is 12.4 Å². The second kappa shape index (κ2) is 6.10. The van der Waals surface area contributed by atoms with Gasteiger partial charge in [0.1, 0.15) is 0 Å². The first-order chi connectivity index (χ1) is 5.20. The minimum Gasteiger partial charge on any atom is -0.396 e. The summed E-state index contributed by atoms with van der Waals surface area (Å²) < 4.78 is 0. The van der Waals surface area contributed by atoms with Gasteiger partial charge in [0.2, 0.25) is 0 Å². The van der Waals surface area contributed by atoms with Gasteiger partial charge in [-0.3, -0.25) is 4.79 Å². The lowest BCUT2D eigenvalue weighted by molar-refractivity contribution is -0.114. The van der Waals surface area contributed by atoms with E-state index in [0.29, 0.717) is 12.3 Å². The fraction of sp³-hybridized carbons (Fsp3) is 0.667. The molecule has 0 aromatic carbocycles. The Morgan fingerprint density at radius 1 is 1.64 bits per heavy atom. The molecule has 0 aromatic heterocycles. The van der Waals surface area contributed by atoms with Crippen LogP contribution in [0, 0.1) is 5.92 Å². The van der Waals surface area contributed by atoms with Crippen LogP contribution in [-0.4, -0.2) is 17.5 Å². The molecule has 0 bridgehead atoms. The zero-order valence-electron chi connectivity index (χ0n) is 7.05. The lowest BCUT2D eigenvalue weighted by atomic mass is 10.0. The Bertz CT molecular complexity index is 130. The molecule has 0 amide bonds. The molecule has 0 saturated heterocycles. The molecule has 2 heteroatoms. The highest BCUT2D eigenvalue weighted by molar-refractivity contribution is 5.88. The summed E-state index contributed by atoms with van der Waals surface area (Å²) in [6, 6.07) is 0. The van der Waals surface area contributed by atoms with Crippen molar-refractivity contribution in [3.63, 3.8) is 0 Å². The predicted octanol–water partition coefficient (Wildman–Crippen LogP) is 1.54. The lowest BCUT2D eigenvalue weighted by Crippen LogP contribution is -2.01. The van der Waals surface area contributed by atoms with E-state index in [0.717, 1.165) is 12.8 Å². The van der Waals surface area contributed by atoms with Crippen LogP contribution in [0.25, 0.3) is 0 Å². The summed E-state index contributed by atoms with van der Waals surface area (Å²) >= 11 is 0. The summed E-state index contributed by atoms with van der Waals surface area (Å²) in [5.74, 6) is 0.527. The zero-order valence-corrected chi connectivity index (χ0v) is 7.05. The number of hydrogen-bond donors (Lipinski definition) is 1. The van der Waals surface area contributed by atoms with Crippen LogP contribution >= 0.6 is 0 Å². The molecule has 0 heterocycles. The third-order valence-electron chi connectivity index (χ3n) is 1.73. The maximum absolute atomic E-state index is 10.7. The monoisotopic (exact) mass is 156 g/mol. The van der Waals surface area contributed by atoms with Crippen molar-refractivity contribution in [2.24, 2.45) is 5.92 Å². The topological polar surface area (TPSA) is 37.3 Å². The van der Waals surface area contributed by atoms with E-state index < -0.39 is 0 Å². The Morgan fingerprint density at radius 2 is 2.27 bits per heavy atom. The molecule has 0 radical (unpaired) electrons. The van der Waals surface area contributed by atoms with Gasteiger partial charge in [-0.25, -0.2) is 0 Å². The quantitative estimate of drug-likeness (QED) is 0.592. The first-order valence-corrected chi connectivity index (χ1v) is 3.96. The first-order valence-electron chi connectivity index (χ1n) is 3.96.